The number of rotatable bonds is 2. The molecule has 8 nitrogen and oxygen atoms in total. The highest BCUT2D eigenvalue weighted by Crippen LogP contribution is 2.15. The topological polar surface area (TPSA) is 83.5 Å². The van der Waals surface area contributed by atoms with Gasteiger partial charge >= 0.3 is 12.1 Å². The molecule has 8 heteroatoms. The van der Waals surface area contributed by atoms with Crippen LogP contribution in [0.5, 0.6) is 5.75 Å². The number of hydrogen-bond acceptors (Lipinski definition) is 4. The maximum atomic E-state index is 12.0. The third-order valence-electron chi connectivity index (χ3n) is 2.69. The van der Waals surface area contributed by atoms with Crippen molar-refractivity contribution in [2.75, 3.05) is 40.7 Å². The highest BCUT2D eigenvalue weighted by molar-refractivity contribution is 6.03. The highest BCUT2D eigenvalue weighted by Gasteiger charge is 2.18. The van der Waals surface area contributed by atoms with Gasteiger partial charge in [0.25, 0.3) is 0 Å². The van der Waals surface area contributed by atoms with Gasteiger partial charge in [0.1, 0.15) is 5.75 Å². The Morgan fingerprint density at radius 2 is 1.68 bits per heavy atom. The summed E-state index contributed by atoms with van der Waals surface area (Å²) in [5, 5.41) is 2.60. The number of nitrogens with zero attached hydrogens (tertiary/aromatic N) is 3. The van der Waals surface area contributed by atoms with Crippen LogP contribution in [0.25, 0.3) is 0 Å². The van der Waals surface area contributed by atoms with E-state index in [4.69, 9.17) is 4.74 Å². The van der Waals surface area contributed by atoms with E-state index in [-0.39, 0.29) is 5.96 Å². The predicted octanol–water partition coefficient (Wildman–Crippen LogP) is 1.84. The minimum Gasteiger partial charge on any atom is -0.497 e. The van der Waals surface area contributed by atoms with Crippen LogP contribution in [0.1, 0.15) is 0 Å². The first-order valence-corrected chi connectivity index (χ1v) is 6.41. The first-order chi connectivity index (χ1) is 10.4. The molecule has 1 rings (SSSR count). The van der Waals surface area contributed by atoms with Gasteiger partial charge in [-0.3, -0.25) is 4.90 Å². The van der Waals surface area contributed by atoms with Crippen LogP contribution in [0.15, 0.2) is 29.3 Å². The third kappa shape index (κ3) is 4.65. The molecule has 0 bridgehead atoms. The molecule has 0 aliphatic carbocycles. The van der Waals surface area contributed by atoms with Crippen LogP contribution in [0.4, 0.5) is 15.3 Å². The van der Waals surface area contributed by atoms with Crippen LogP contribution in [0.3, 0.4) is 0 Å². The van der Waals surface area contributed by atoms with Crippen molar-refractivity contribution in [2.45, 2.75) is 0 Å². The van der Waals surface area contributed by atoms with Gasteiger partial charge in [-0.05, 0) is 24.3 Å². The van der Waals surface area contributed by atoms with Crippen molar-refractivity contribution in [3.05, 3.63) is 24.3 Å². The van der Waals surface area contributed by atoms with Crippen molar-refractivity contribution in [2.24, 2.45) is 4.99 Å². The fraction of sp³-hybridized carbons (Fsp3) is 0.357. The molecule has 0 aliphatic rings. The number of urea groups is 1. The molecule has 0 fully saturated rings. The van der Waals surface area contributed by atoms with E-state index in [1.165, 1.54) is 19.1 Å². The fourth-order valence-electron chi connectivity index (χ4n) is 1.61. The second kappa shape index (κ2) is 7.87. The van der Waals surface area contributed by atoms with Gasteiger partial charge in [0.15, 0.2) is 0 Å². The molecule has 1 aromatic rings. The quantitative estimate of drug-likeness (QED) is 0.666. The van der Waals surface area contributed by atoms with Crippen molar-refractivity contribution in [3.63, 3.8) is 0 Å². The lowest BCUT2D eigenvalue weighted by atomic mass is 10.3. The lowest BCUT2D eigenvalue weighted by Crippen LogP contribution is -2.42. The number of carbonyl (C=O) groups excluding carboxylic acids is 2. The van der Waals surface area contributed by atoms with E-state index >= 15 is 0 Å². The number of guanidine groups is 1. The van der Waals surface area contributed by atoms with Gasteiger partial charge in [0.2, 0.25) is 5.96 Å². The van der Waals surface area contributed by atoms with Gasteiger partial charge in [0.05, 0.1) is 14.2 Å². The van der Waals surface area contributed by atoms with Crippen LogP contribution in [0, 0.1) is 0 Å². The fourth-order valence-corrected chi connectivity index (χ4v) is 1.61. The van der Waals surface area contributed by atoms with Crippen LogP contribution >= 0.6 is 0 Å². The van der Waals surface area contributed by atoms with Crippen molar-refractivity contribution in [1.82, 2.24) is 9.80 Å². The molecule has 1 N–H and O–H groups in total. The molecule has 22 heavy (non-hydrogen) atoms. The van der Waals surface area contributed by atoms with E-state index in [1.54, 1.807) is 45.5 Å². The largest absolute Gasteiger partial charge is 0.497 e. The average Bonchev–Trinajstić information content (AvgIpc) is 2.51. The Morgan fingerprint density at radius 3 is 2.14 bits per heavy atom. The molecule has 3 amide bonds. The zero-order chi connectivity index (χ0) is 16.7. The predicted molar refractivity (Wildman–Crippen MR) is 83.3 cm³/mol. The zero-order valence-corrected chi connectivity index (χ0v) is 13.3. The second-order valence-electron chi connectivity index (χ2n) is 4.49. The number of carbonyl (C=O) groups is 2. The van der Waals surface area contributed by atoms with Gasteiger partial charge in [-0.15, -0.1) is 0 Å². The van der Waals surface area contributed by atoms with Crippen molar-refractivity contribution >= 4 is 23.8 Å². The minimum absolute atomic E-state index is 0.151. The van der Waals surface area contributed by atoms with E-state index in [0.717, 1.165) is 4.90 Å². The molecule has 0 radical (unpaired) electrons. The van der Waals surface area contributed by atoms with Gasteiger partial charge < -0.3 is 19.7 Å². The standard InChI is InChI=1S/C14H20N4O4/c1-17(2)13(18(3)14(20)22-5)16-12(19)15-10-6-8-11(21-4)9-7-10/h6-9H,1-5H3,(H,15,19)/b16-13+. The molecular weight excluding hydrogens is 288 g/mol. The van der Waals surface area contributed by atoms with Gasteiger partial charge in [-0.25, -0.2) is 9.59 Å². The number of aliphatic imine (C=N–C) groups is 1. The summed E-state index contributed by atoms with van der Waals surface area (Å²) in [6.45, 7) is 0. The summed E-state index contributed by atoms with van der Waals surface area (Å²) in [6, 6.07) is 6.20. The number of ether oxygens (including phenoxy) is 2. The zero-order valence-electron chi connectivity index (χ0n) is 13.3. The Kier molecular flexibility index (Phi) is 6.18. The van der Waals surface area contributed by atoms with E-state index < -0.39 is 12.1 Å². The minimum atomic E-state index is -0.621. The summed E-state index contributed by atoms with van der Waals surface area (Å²) in [7, 11) is 7.61. The molecule has 1 aromatic carbocycles. The Morgan fingerprint density at radius 1 is 1.09 bits per heavy atom. The van der Waals surface area contributed by atoms with Crippen molar-refractivity contribution in [3.8, 4) is 5.75 Å². The summed E-state index contributed by atoms with van der Waals surface area (Å²) in [6.07, 6.45) is -0.621. The number of methoxy groups -OCH3 is 2. The van der Waals surface area contributed by atoms with E-state index in [2.05, 4.69) is 15.0 Å². The summed E-state index contributed by atoms with van der Waals surface area (Å²) < 4.78 is 9.64. The maximum absolute atomic E-state index is 12.0. The molecule has 0 saturated heterocycles. The first kappa shape index (κ1) is 17.3. The van der Waals surface area contributed by atoms with Crippen molar-refractivity contribution in [1.29, 1.82) is 0 Å². The average molecular weight is 308 g/mol. The number of benzene rings is 1. The summed E-state index contributed by atoms with van der Waals surface area (Å²) in [5.74, 6) is 0.832. The summed E-state index contributed by atoms with van der Waals surface area (Å²) >= 11 is 0. The maximum Gasteiger partial charge on any atom is 0.416 e. The third-order valence-corrected chi connectivity index (χ3v) is 2.69. The normalized spacial score (nSPS) is 10.7. The first-order valence-electron chi connectivity index (χ1n) is 6.41. The molecule has 0 aliphatic heterocycles. The van der Waals surface area contributed by atoms with E-state index in [1.807, 2.05) is 0 Å². The lowest BCUT2D eigenvalue weighted by Gasteiger charge is -2.23. The molecule has 0 spiro atoms. The Hall–Kier alpha value is -2.77. The number of nitrogens with one attached hydrogen (secondary N) is 1. The monoisotopic (exact) mass is 308 g/mol. The second-order valence-corrected chi connectivity index (χ2v) is 4.49. The molecule has 0 atom stereocenters. The van der Waals surface area contributed by atoms with Gasteiger partial charge in [-0.1, -0.05) is 0 Å². The van der Waals surface area contributed by atoms with E-state index in [9.17, 15) is 9.59 Å². The van der Waals surface area contributed by atoms with Gasteiger partial charge in [0, 0.05) is 26.8 Å². The van der Waals surface area contributed by atoms with Crippen LogP contribution < -0.4 is 10.1 Å². The molecule has 0 aromatic heterocycles. The smallest absolute Gasteiger partial charge is 0.416 e. The number of anilines is 1. The molecule has 0 unspecified atom stereocenters. The van der Waals surface area contributed by atoms with Gasteiger partial charge in [-0.2, -0.15) is 4.99 Å². The summed E-state index contributed by atoms with van der Waals surface area (Å²) in [4.78, 5) is 30.0. The summed E-state index contributed by atoms with van der Waals surface area (Å²) in [5.41, 5.74) is 0.563. The highest BCUT2D eigenvalue weighted by atomic mass is 16.5. The number of hydrogen-bond donors (Lipinski definition) is 1. The Bertz CT molecular complexity index is 554. The van der Waals surface area contributed by atoms with Crippen LogP contribution in [-0.2, 0) is 4.74 Å². The number of amides is 3. The Balaban J connectivity index is 2.86. The molecule has 0 heterocycles. The Labute approximate surface area is 129 Å². The SMILES string of the molecule is COC(=O)N(C)/C(=N/C(=O)Nc1ccc(OC)cc1)N(C)C. The molecule has 0 saturated carbocycles. The van der Waals surface area contributed by atoms with Crippen LogP contribution in [-0.4, -0.2) is 63.2 Å². The lowest BCUT2D eigenvalue weighted by molar-refractivity contribution is 0.149. The molecule has 120 valence electrons. The van der Waals surface area contributed by atoms with Crippen molar-refractivity contribution < 1.29 is 19.1 Å². The molecular formula is C14H20N4O4. The van der Waals surface area contributed by atoms with Crippen LogP contribution in [0.2, 0.25) is 0 Å². The van der Waals surface area contributed by atoms with E-state index in [0.29, 0.717) is 11.4 Å².